The van der Waals surface area contributed by atoms with Crippen LogP contribution in [0.2, 0.25) is 5.02 Å². The predicted molar refractivity (Wildman–Crippen MR) is 158 cm³/mol. The number of carbonyl (C=O) groups excluding carboxylic acids is 1. The van der Waals surface area contributed by atoms with Gasteiger partial charge in [-0.2, -0.15) is 0 Å². The van der Waals surface area contributed by atoms with E-state index in [-0.39, 0.29) is 11.9 Å². The molecule has 1 fully saturated rings. The lowest BCUT2D eigenvalue weighted by Crippen LogP contribution is -2.47. The standard InChI is InChI=1S/C30H34ClN7O/c1-37(2)15-6-10-28(39)38-16-5-7-23(20-38)32-17-21-11-13-22(14-12-21)35-30-34-19-26(31)29(36-30)25-18-33-27-9-4-3-8-24(25)27/h3-4,6,8-14,18-19,23,32-33H,5,7,15-17,20H2,1-2H3,(H,34,35,36). The Morgan fingerprint density at radius 3 is 2.85 bits per heavy atom. The second kappa shape index (κ2) is 12.4. The SMILES string of the molecule is CN(C)CC=CC(=O)N1CCCC(NCc2ccc(Nc3ncc(Cl)c(-c4c[nH]c5ccccc45)n3)cc2)C1. The van der Waals surface area contributed by atoms with Gasteiger partial charge in [0, 0.05) is 66.6 Å². The van der Waals surface area contributed by atoms with Crippen LogP contribution in [0, 0.1) is 0 Å². The molecule has 1 saturated heterocycles. The molecule has 1 atom stereocenters. The Morgan fingerprint density at radius 2 is 2.03 bits per heavy atom. The Morgan fingerprint density at radius 1 is 1.21 bits per heavy atom. The van der Waals surface area contributed by atoms with Crippen molar-refractivity contribution in [1.82, 2.24) is 30.1 Å². The van der Waals surface area contributed by atoms with E-state index in [1.54, 1.807) is 12.3 Å². The number of fused-ring (bicyclic) bond motifs is 1. The van der Waals surface area contributed by atoms with Crippen molar-refractivity contribution in [3.63, 3.8) is 0 Å². The maximum absolute atomic E-state index is 12.5. The highest BCUT2D eigenvalue weighted by molar-refractivity contribution is 6.33. The molecule has 5 rings (SSSR count). The topological polar surface area (TPSA) is 89.2 Å². The van der Waals surface area contributed by atoms with Gasteiger partial charge in [0.15, 0.2) is 0 Å². The second-order valence-electron chi connectivity index (χ2n) is 10.1. The maximum Gasteiger partial charge on any atom is 0.246 e. The first-order chi connectivity index (χ1) is 19.0. The highest BCUT2D eigenvalue weighted by Crippen LogP contribution is 2.32. The van der Waals surface area contributed by atoms with Gasteiger partial charge in [0.1, 0.15) is 0 Å². The molecule has 202 valence electrons. The minimum Gasteiger partial charge on any atom is -0.360 e. The summed E-state index contributed by atoms with van der Waals surface area (Å²) in [7, 11) is 3.98. The number of nitrogens with one attached hydrogen (secondary N) is 3. The number of nitrogens with zero attached hydrogens (tertiary/aromatic N) is 4. The Balaban J connectivity index is 1.17. The van der Waals surface area contributed by atoms with Crippen LogP contribution in [0.3, 0.4) is 0 Å². The van der Waals surface area contributed by atoms with Gasteiger partial charge in [0.25, 0.3) is 0 Å². The summed E-state index contributed by atoms with van der Waals surface area (Å²) in [5.41, 5.74) is 4.72. The summed E-state index contributed by atoms with van der Waals surface area (Å²) in [5.74, 6) is 0.577. The van der Waals surface area contributed by atoms with Crippen molar-refractivity contribution in [2.24, 2.45) is 0 Å². The number of likely N-dealkylation sites (tertiary alicyclic amines) is 1. The third-order valence-electron chi connectivity index (χ3n) is 6.86. The van der Waals surface area contributed by atoms with E-state index in [1.165, 1.54) is 5.56 Å². The number of H-pyrrole nitrogens is 1. The van der Waals surface area contributed by atoms with E-state index in [4.69, 9.17) is 16.6 Å². The van der Waals surface area contributed by atoms with Crippen LogP contribution < -0.4 is 10.6 Å². The zero-order chi connectivity index (χ0) is 27.2. The van der Waals surface area contributed by atoms with Gasteiger partial charge in [-0.1, -0.05) is 48.0 Å². The molecule has 0 saturated carbocycles. The van der Waals surface area contributed by atoms with Gasteiger partial charge in [-0.25, -0.2) is 9.97 Å². The Kier molecular flexibility index (Phi) is 8.56. The Hall–Kier alpha value is -3.72. The molecule has 0 spiro atoms. The number of halogens is 1. The van der Waals surface area contributed by atoms with Crippen molar-refractivity contribution in [2.45, 2.75) is 25.4 Å². The van der Waals surface area contributed by atoms with E-state index >= 15 is 0 Å². The molecular formula is C30H34ClN7O. The first kappa shape index (κ1) is 26.9. The Labute approximate surface area is 234 Å². The van der Waals surface area contributed by atoms with Crippen LogP contribution in [0.1, 0.15) is 18.4 Å². The maximum atomic E-state index is 12.5. The fraction of sp³-hybridized carbons (Fsp3) is 0.300. The molecular weight excluding hydrogens is 510 g/mol. The van der Waals surface area contributed by atoms with Crippen molar-refractivity contribution in [2.75, 3.05) is 39.0 Å². The predicted octanol–water partition coefficient (Wildman–Crippen LogP) is 5.22. The molecule has 0 radical (unpaired) electrons. The van der Waals surface area contributed by atoms with E-state index in [1.807, 2.05) is 72.6 Å². The first-order valence-corrected chi connectivity index (χ1v) is 13.6. The average Bonchev–Trinajstić information content (AvgIpc) is 3.38. The number of anilines is 2. The number of rotatable bonds is 9. The molecule has 8 nitrogen and oxygen atoms in total. The number of likely N-dealkylation sites (N-methyl/N-ethyl adjacent to an activating group) is 1. The van der Waals surface area contributed by atoms with Crippen LogP contribution in [-0.2, 0) is 11.3 Å². The number of carbonyl (C=O) groups is 1. The molecule has 39 heavy (non-hydrogen) atoms. The van der Waals surface area contributed by atoms with Crippen LogP contribution in [-0.4, -0.2) is 70.4 Å². The van der Waals surface area contributed by atoms with Gasteiger partial charge in [0.2, 0.25) is 11.9 Å². The number of para-hydroxylation sites is 1. The fourth-order valence-corrected chi connectivity index (χ4v) is 4.99. The van der Waals surface area contributed by atoms with E-state index in [0.717, 1.165) is 61.2 Å². The van der Waals surface area contributed by atoms with Gasteiger partial charge in [-0.3, -0.25) is 4.79 Å². The van der Waals surface area contributed by atoms with Crippen molar-refractivity contribution < 1.29 is 4.79 Å². The van der Waals surface area contributed by atoms with Crippen molar-refractivity contribution in [3.8, 4) is 11.3 Å². The number of hydrogen-bond acceptors (Lipinski definition) is 6. The number of hydrogen-bond donors (Lipinski definition) is 3. The third kappa shape index (κ3) is 6.84. The molecule has 1 unspecified atom stereocenters. The molecule has 1 amide bonds. The molecule has 0 aliphatic carbocycles. The zero-order valence-corrected chi connectivity index (χ0v) is 23.1. The van der Waals surface area contributed by atoms with E-state index < -0.39 is 0 Å². The van der Waals surface area contributed by atoms with Crippen LogP contribution in [0.5, 0.6) is 0 Å². The summed E-state index contributed by atoms with van der Waals surface area (Å²) in [5, 5.41) is 8.47. The summed E-state index contributed by atoms with van der Waals surface area (Å²) in [4.78, 5) is 28.9. The molecule has 3 N–H and O–H groups in total. The molecule has 4 aromatic rings. The van der Waals surface area contributed by atoms with E-state index in [2.05, 4.69) is 32.7 Å². The number of piperidine rings is 1. The van der Waals surface area contributed by atoms with Gasteiger partial charge < -0.3 is 25.4 Å². The van der Waals surface area contributed by atoms with Gasteiger partial charge in [-0.15, -0.1) is 0 Å². The summed E-state index contributed by atoms with van der Waals surface area (Å²) < 4.78 is 0. The molecule has 0 bridgehead atoms. The molecule has 1 aliphatic heterocycles. The monoisotopic (exact) mass is 543 g/mol. The summed E-state index contributed by atoms with van der Waals surface area (Å²) >= 11 is 6.47. The highest BCUT2D eigenvalue weighted by Gasteiger charge is 2.22. The summed E-state index contributed by atoms with van der Waals surface area (Å²) in [6.07, 6.45) is 9.25. The molecule has 9 heteroatoms. The minimum absolute atomic E-state index is 0.0936. The van der Waals surface area contributed by atoms with Crippen molar-refractivity contribution >= 4 is 40.0 Å². The average molecular weight is 544 g/mol. The van der Waals surface area contributed by atoms with E-state index in [0.29, 0.717) is 16.7 Å². The first-order valence-electron chi connectivity index (χ1n) is 13.2. The number of aromatic nitrogens is 3. The van der Waals surface area contributed by atoms with Gasteiger partial charge in [0.05, 0.1) is 16.9 Å². The summed E-state index contributed by atoms with van der Waals surface area (Å²) in [6.45, 7) is 3.06. The number of benzene rings is 2. The molecule has 2 aromatic heterocycles. The molecule has 2 aromatic carbocycles. The van der Waals surface area contributed by atoms with Gasteiger partial charge >= 0.3 is 0 Å². The molecule has 3 heterocycles. The smallest absolute Gasteiger partial charge is 0.246 e. The van der Waals surface area contributed by atoms with Crippen molar-refractivity contribution in [1.29, 1.82) is 0 Å². The highest BCUT2D eigenvalue weighted by atomic mass is 35.5. The minimum atomic E-state index is 0.0936. The fourth-order valence-electron chi connectivity index (χ4n) is 4.79. The zero-order valence-electron chi connectivity index (χ0n) is 22.3. The largest absolute Gasteiger partial charge is 0.360 e. The lowest BCUT2D eigenvalue weighted by molar-refractivity contribution is -0.127. The normalized spacial score (nSPS) is 15.9. The Bertz CT molecular complexity index is 1450. The van der Waals surface area contributed by atoms with Crippen LogP contribution in [0.4, 0.5) is 11.6 Å². The van der Waals surface area contributed by atoms with Crippen LogP contribution in [0.25, 0.3) is 22.2 Å². The van der Waals surface area contributed by atoms with Crippen LogP contribution in [0.15, 0.2) is 73.1 Å². The quantitative estimate of drug-likeness (QED) is 0.251. The second-order valence-corrected chi connectivity index (χ2v) is 10.5. The third-order valence-corrected chi connectivity index (χ3v) is 7.13. The van der Waals surface area contributed by atoms with E-state index in [9.17, 15) is 4.79 Å². The van der Waals surface area contributed by atoms with Crippen LogP contribution >= 0.6 is 11.6 Å². The summed E-state index contributed by atoms with van der Waals surface area (Å²) in [6, 6.07) is 16.6. The molecule has 1 aliphatic rings. The number of amides is 1. The van der Waals surface area contributed by atoms with Crippen molar-refractivity contribution in [3.05, 3.63) is 83.7 Å². The lowest BCUT2D eigenvalue weighted by atomic mass is 10.0. The lowest BCUT2D eigenvalue weighted by Gasteiger charge is -2.32. The number of aromatic amines is 1. The van der Waals surface area contributed by atoms with Gasteiger partial charge in [-0.05, 0) is 50.7 Å².